The summed E-state index contributed by atoms with van der Waals surface area (Å²) in [6, 6.07) is 0. The summed E-state index contributed by atoms with van der Waals surface area (Å²) in [5.74, 6) is -1.36. The molecular weight excluding hydrogens is 614 g/mol. The number of methoxy groups -OCH3 is 1. The smallest absolute Gasteiger partial charge is 0.311 e. The Morgan fingerprint density at radius 3 is 2.11 bits per heavy atom. The molecule has 2 bridgehead atoms. The van der Waals surface area contributed by atoms with Crippen LogP contribution in [0.3, 0.4) is 0 Å². The second-order valence-corrected chi connectivity index (χ2v) is 14.4. The topological polar surface area (TPSA) is 186 Å². The van der Waals surface area contributed by atoms with Gasteiger partial charge >= 0.3 is 5.97 Å². The Kier molecular flexibility index (Phi) is 15.5. The van der Waals surface area contributed by atoms with Gasteiger partial charge in [-0.05, 0) is 66.7 Å². The molecule has 14 atom stereocenters. The van der Waals surface area contributed by atoms with E-state index in [-0.39, 0.29) is 32.0 Å². The number of hydrogen-bond acceptors (Lipinski definition) is 13. The van der Waals surface area contributed by atoms with Crippen LogP contribution in [0.4, 0.5) is 0 Å². The third kappa shape index (κ3) is 11.0. The van der Waals surface area contributed by atoms with Crippen molar-refractivity contribution in [2.75, 3.05) is 13.7 Å². The van der Waals surface area contributed by atoms with Crippen LogP contribution in [0.2, 0.25) is 0 Å². The molecule has 0 aromatic heterocycles. The van der Waals surface area contributed by atoms with Crippen LogP contribution in [-0.4, -0.2) is 117 Å². The number of aliphatic hydroxyl groups is 4. The van der Waals surface area contributed by atoms with Crippen LogP contribution >= 0.6 is 0 Å². The van der Waals surface area contributed by atoms with Crippen LogP contribution in [-0.2, 0) is 33.2 Å². The Balaban J connectivity index is 0.000000594. The summed E-state index contributed by atoms with van der Waals surface area (Å²) in [6.45, 7) is 17.9. The van der Waals surface area contributed by atoms with E-state index in [1.54, 1.807) is 34.6 Å². The minimum absolute atomic E-state index is 0.0831. The third-order valence-electron chi connectivity index (χ3n) is 9.85. The minimum atomic E-state index is -1.61. The number of carbonyl (C=O) groups is 1. The predicted octanol–water partition coefficient (Wildman–Crippen LogP) is 3.54. The number of fused-ring (bicyclic) bond motifs is 2. The number of ether oxygens (including phenoxy) is 6. The molecule has 5 N–H and O–H groups in total. The summed E-state index contributed by atoms with van der Waals surface area (Å²) < 4.78 is 35.0. The van der Waals surface area contributed by atoms with E-state index in [0.717, 1.165) is 12.8 Å². The highest BCUT2D eigenvalue weighted by Gasteiger charge is 2.51. The zero-order valence-corrected chi connectivity index (χ0v) is 30.3. The lowest BCUT2D eigenvalue weighted by atomic mass is 9.84. The molecule has 13 heteroatoms. The maximum absolute atomic E-state index is 13.1. The van der Waals surface area contributed by atoms with Gasteiger partial charge in [-0.15, -0.1) is 0 Å². The number of nitrogens with zero attached hydrogens (tertiary/aromatic N) is 1. The van der Waals surface area contributed by atoms with Crippen molar-refractivity contribution in [2.24, 2.45) is 22.9 Å². The quantitative estimate of drug-likeness (QED) is 0.167. The Hall–Kier alpha value is -1.42. The van der Waals surface area contributed by atoms with Crippen LogP contribution in [0.5, 0.6) is 0 Å². The number of hydrogen-bond donors (Lipinski definition) is 5. The van der Waals surface area contributed by atoms with Crippen LogP contribution in [0.25, 0.3) is 0 Å². The molecule has 0 radical (unpaired) electrons. The fourth-order valence-electron chi connectivity index (χ4n) is 6.96. The molecule has 4 aliphatic rings. The molecule has 0 aliphatic carbocycles. The van der Waals surface area contributed by atoms with E-state index in [2.05, 4.69) is 12.1 Å². The monoisotopic (exact) mass is 677 g/mol. The van der Waals surface area contributed by atoms with Crippen molar-refractivity contribution < 1.29 is 58.8 Å². The van der Waals surface area contributed by atoms with Crippen LogP contribution in [0, 0.1) is 17.8 Å². The lowest BCUT2D eigenvalue weighted by Crippen LogP contribution is -2.58. The molecule has 0 aromatic carbocycles. The van der Waals surface area contributed by atoms with Crippen molar-refractivity contribution >= 4 is 11.7 Å². The van der Waals surface area contributed by atoms with Gasteiger partial charge in [0.2, 0.25) is 0 Å². The maximum Gasteiger partial charge on any atom is 0.311 e. The van der Waals surface area contributed by atoms with Crippen molar-refractivity contribution in [2.45, 2.75) is 174 Å². The standard InChI is InChI=1S/C25H43NO10.C7H14O2.C2H6/c1-13-16(26-31)8-9-23(4,29)10-17-19(14(2)22(28)33-12-24(5,30)21(13)35-17)36-18-11-25(6,32-7)20(27)15(3)34-18;1-5-3-6(2)9-7(8)4-5;1-2/h13-15,17-21,27,29-31H,8-12H2,1-7H3;5-8H,3-4H2,1-2H3;1-2H3/b26-16+;;/t13?,14?,15-,17+,18?,19+,20?,21?,23+,24+,25+;;/m0../s1. The van der Waals surface area contributed by atoms with Crippen LogP contribution in [0.15, 0.2) is 5.16 Å². The van der Waals surface area contributed by atoms with Gasteiger partial charge in [0.25, 0.3) is 0 Å². The van der Waals surface area contributed by atoms with Crippen LogP contribution in [0.1, 0.15) is 108 Å². The second-order valence-electron chi connectivity index (χ2n) is 14.4. The molecule has 4 aliphatic heterocycles. The van der Waals surface area contributed by atoms with E-state index in [1.807, 2.05) is 20.8 Å². The summed E-state index contributed by atoms with van der Waals surface area (Å²) in [5.41, 5.74) is -3.43. The summed E-state index contributed by atoms with van der Waals surface area (Å²) in [4.78, 5) is 13.1. The van der Waals surface area contributed by atoms with Gasteiger partial charge in [-0.25, -0.2) is 0 Å². The molecule has 0 saturated carbocycles. The van der Waals surface area contributed by atoms with Crippen molar-refractivity contribution in [1.82, 2.24) is 0 Å². The number of aliphatic hydroxyl groups excluding tert-OH is 2. The Labute approximate surface area is 280 Å². The zero-order valence-electron chi connectivity index (χ0n) is 30.3. The van der Waals surface area contributed by atoms with Crippen LogP contribution < -0.4 is 0 Å². The van der Waals surface area contributed by atoms with Crippen molar-refractivity contribution in [1.29, 1.82) is 0 Å². The molecule has 13 nitrogen and oxygen atoms in total. The second kappa shape index (κ2) is 17.5. The number of oxime groups is 1. The normalized spacial score (nSPS) is 47.2. The molecule has 4 heterocycles. The first-order valence-electron chi connectivity index (χ1n) is 17.2. The largest absolute Gasteiger partial charge is 0.462 e. The van der Waals surface area contributed by atoms with Crippen molar-refractivity contribution in [3.05, 3.63) is 0 Å². The molecule has 0 amide bonds. The minimum Gasteiger partial charge on any atom is -0.462 e. The Bertz CT molecular complexity index is 983. The summed E-state index contributed by atoms with van der Waals surface area (Å²) >= 11 is 0. The van der Waals surface area contributed by atoms with E-state index < -0.39 is 77.7 Å². The Morgan fingerprint density at radius 2 is 1.55 bits per heavy atom. The average molecular weight is 678 g/mol. The number of cyclic esters (lactones) is 1. The molecular formula is C34H63NO12. The number of esters is 1. The van der Waals surface area contributed by atoms with E-state index in [0.29, 0.717) is 18.1 Å². The molecule has 0 aromatic rings. The molecule has 4 rings (SSSR count). The van der Waals surface area contributed by atoms with Gasteiger partial charge in [0.1, 0.15) is 18.3 Å². The average Bonchev–Trinajstić information content (AvgIpc) is 3.05. The van der Waals surface area contributed by atoms with Gasteiger partial charge in [-0.3, -0.25) is 4.79 Å². The van der Waals surface area contributed by atoms with Gasteiger partial charge in [0, 0.05) is 32.3 Å². The lowest BCUT2D eigenvalue weighted by Gasteiger charge is -2.46. The van der Waals surface area contributed by atoms with Gasteiger partial charge < -0.3 is 54.1 Å². The first kappa shape index (κ1) is 41.7. The number of carbonyl (C=O) groups excluding carboxylic acids is 1. The fraction of sp³-hybridized carbons (Fsp3) is 0.941. The van der Waals surface area contributed by atoms with Gasteiger partial charge in [-0.1, -0.05) is 32.9 Å². The van der Waals surface area contributed by atoms with E-state index >= 15 is 0 Å². The van der Waals surface area contributed by atoms with Gasteiger partial charge in [0.05, 0.1) is 53.4 Å². The zero-order chi connectivity index (χ0) is 35.9. The molecule has 4 fully saturated rings. The highest BCUT2D eigenvalue weighted by molar-refractivity contribution is 5.86. The fourth-order valence-corrected chi connectivity index (χ4v) is 6.96. The molecule has 276 valence electrons. The van der Waals surface area contributed by atoms with Gasteiger partial charge in [0.15, 0.2) is 12.6 Å². The van der Waals surface area contributed by atoms with Crippen molar-refractivity contribution in [3.63, 3.8) is 0 Å². The molecule has 47 heavy (non-hydrogen) atoms. The SMILES string of the molecule is CC.CC1CC(C)OC(O)C1.CO[C@]1(C)CC(O[C@@H]2C(C)C(=O)OC[C@@](C)(O)C3O[C@@H]2C[C@](C)(O)CC/C(=N\O)C3C)O[C@@H](C)C1O. The first-order valence-corrected chi connectivity index (χ1v) is 17.2. The summed E-state index contributed by atoms with van der Waals surface area (Å²) in [7, 11) is 1.51. The third-order valence-corrected chi connectivity index (χ3v) is 9.85. The summed E-state index contributed by atoms with van der Waals surface area (Å²) in [6.07, 6.45) is -2.58. The van der Waals surface area contributed by atoms with Gasteiger partial charge in [-0.2, -0.15) is 0 Å². The van der Waals surface area contributed by atoms with E-state index in [1.165, 1.54) is 14.0 Å². The maximum atomic E-state index is 13.1. The lowest BCUT2D eigenvalue weighted by molar-refractivity contribution is -0.304. The molecule has 8 unspecified atom stereocenters. The highest BCUT2D eigenvalue weighted by Crippen LogP contribution is 2.39. The predicted molar refractivity (Wildman–Crippen MR) is 174 cm³/mol. The molecule has 0 spiro atoms. The number of rotatable bonds is 3. The summed E-state index contributed by atoms with van der Waals surface area (Å²) in [5, 5.41) is 55.2. The van der Waals surface area contributed by atoms with E-state index in [4.69, 9.17) is 33.5 Å². The van der Waals surface area contributed by atoms with Crippen molar-refractivity contribution in [3.8, 4) is 0 Å². The van der Waals surface area contributed by atoms with E-state index in [9.17, 15) is 25.3 Å². The Morgan fingerprint density at radius 1 is 0.915 bits per heavy atom. The first-order chi connectivity index (χ1) is 21.8. The molecule has 4 saturated heterocycles. The highest BCUT2D eigenvalue weighted by atomic mass is 16.7.